The van der Waals surface area contributed by atoms with Gasteiger partial charge in [0.05, 0.1) is 11.3 Å². The topological polar surface area (TPSA) is 49.5 Å². The number of para-hydroxylation sites is 1. The molecule has 0 aromatic heterocycles. The zero-order valence-corrected chi connectivity index (χ0v) is 15.9. The Balaban J connectivity index is 2.15. The van der Waals surface area contributed by atoms with Crippen LogP contribution in [0.25, 0.3) is 22.3 Å². The van der Waals surface area contributed by atoms with E-state index in [0.717, 1.165) is 6.07 Å². The third-order valence-corrected chi connectivity index (χ3v) is 4.85. The van der Waals surface area contributed by atoms with Gasteiger partial charge in [-0.1, -0.05) is 30.3 Å². The molecule has 0 saturated carbocycles. The van der Waals surface area contributed by atoms with Crippen LogP contribution in [0, 0.1) is 5.82 Å². The first-order chi connectivity index (χ1) is 13.6. The predicted molar refractivity (Wildman–Crippen MR) is 107 cm³/mol. The molecule has 0 amide bonds. The summed E-state index contributed by atoms with van der Waals surface area (Å²) in [6.07, 6.45) is -4.50. The minimum atomic E-state index is -4.50. The number of alkyl halides is 3. The fraction of sp³-hybridized carbons (Fsp3) is 0.182. The first-order valence-corrected chi connectivity index (χ1v) is 8.93. The number of hydrogen-bond donors (Lipinski definition) is 2. The molecule has 29 heavy (non-hydrogen) atoms. The van der Waals surface area contributed by atoms with Gasteiger partial charge >= 0.3 is 6.18 Å². The zero-order chi connectivity index (χ0) is 21.3. The summed E-state index contributed by atoms with van der Waals surface area (Å²) >= 11 is 0. The molecule has 3 aromatic carbocycles. The average Bonchev–Trinajstić information content (AvgIpc) is 2.68. The highest BCUT2D eigenvalue weighted by Crippen LogP contribution is 2.42. The Kier molecular flexibility index (Phi) is 5.42. The Morgan fingerprint density at radius 2 is 1.55 bits per heavy atom. The summed E-state index contributed by atoms with van der Waals surface area (Å²) in [5, 5.41) is 10.8. The molecule has 7 heteroatoms. The van der Waals surface area contributed by atoms with Crippen LogP contribution in [0.5, 0.6) is 5.75 Å². The summed E-state index contributed by atoms with van der Waals surface area (Å²) in [6.45, 7) is 2.13. The molecule has 0 aliphatic rings. The van der Waals surface area contributed by atoms with Gasteiger partial charge in [-0.3, -0.25) is 0 Å². The van der Waals surface area contributed by atoms with Crippen LogP contribution < -0.4 is 10.6 Å². The molecule has 0 heterocycles. The summed E-state index contributed by atoms with van der Waals surface area (Å²) in [7, 11) is 1.57. The Morgan fingerprint density at radius 1 is 0.966 bits per heavy atom. The van der Waals surface area contributed by atoms with Crippen molar-refractivity contribution in [3.8, 4) is 28.0 Å². The van der Waals surface area contributed by atoms with E-state index in [0.29, 0.717) is 28.8 Å². The molecule has 0 aliphatic carbocycles. The van der Waals surface area contributed by atoms with E-state index in [9.17, 15) is 22.7 Å². The number of benzene rings is 3. The van der Waals surface area contributed by atoms with Crippen molar-refractivity contribution in [2.75, 3.05) is 24.2 Å². The highest BCUT2D eigenvalue weighted by molar-refractivity contribution is 5.84. The maximum Gasteiger partial charge on any atom is 0.418 e. The van der Waals surface area contributed by atoms with Crippen molar-refractivity contribution in [2.45, 2.75) is 13.1 Å². The Hall–Kier alpha value is -3.22. The van der Waals surface area contributed by atoms with E-state index in [1.54, 1.807) is 38.2 Å². The lowest BCUT2D eigenvalue weighted by Crippen LogP contribution is -2.20. The number of phenolic OH excluding ortho intramolecular Hbond substituents is 1. The second kappa shape index (κ2) is 7.66. The summed E-state index contributed by atoms with van der Waals surface area (Å²) in [5.41, 5.74) is 6.28. The standard InChI is InChI=1S/C22H20F4N2O/c1-3-28(2)20-12-14(7-9-17(20)22(24,25)26)16-6-4-5-15(21(16)29)13-8-10-19(27)18(23)11-13/h4-12,29H,3,27H2,1-2H3. The number of nitrogen functional groups attached to an aromatic ring is 1. The van der Waals surface area contributed by atoms with Crippen LogP contribution in [-0.2, 0) is 6.18 Å². The lowest BCUT2D eigenvalue weighted by molar-refractivity contribution is -0.137. The molecule has 0 spiro atoms. The van der Waals surface area contributed by atoms with Crippen LogP contribution in [0.2, 0.25) is 0 Å². The largest absolute Gasteiger partial charge is 0.507 e. The normalized spacial score (nSPS) is 11.5. The minimum absolute atomic E-state index is 0.0145. The van der Waals surface area contributed by atoms with Crippen molar-refractivity contribution in [3.63, 3.8) is 0 Å². The van der Waals surface area contributed by atoms with E-state index in [-0.39, 0.29) is 17.1 Å². The summed E-state index contributed by atoms with van der Waals surface area (Å²) in [4.78, 5) is 1.49. The van der Waals surface area contributed by atoms with Crippen LogP contribution in [0.3, 0.4) is 0 Å². The highest BCUT2D eigenvalue weighted by Gasteiger charge is 2.34. The first kappa shape index (κ1) is 20.5. The molecule has 0 fully saturated rings. The number of nitrogens with zero attached hydrogens (tertiary/aromatic N) is 1. The maximum absolute atomic E-state index is 13.8. The number of nitrogens with two attached hydrogens (primary N) is 1. The fourth-order valence-corrected chi connectivity index (χ4v) is 3.13. The molecule has 3 N–H and O–H groups in total. The molecule has 0 atom stereocenters. The third-order valence-electron chi connectivity index (χ3n) is 4.85. The van der Waals surface area contributed by atoms with Gasteiger partial charge < -0.3 is 15.7 Å². The van der Waals surface area contributed by atoms with Crippen LogP contribution in [0.15, 0.2) is 54.6 Å². The van der Waals surface area contributed by atoms with Gasteiger partial charge in [0.25, 0.3) is 0 Å². The number of hydrogen-bond acceptors (Lipinski definition) is 3. The molecule has 3 aromatic rings. The summed E-state index contributed by atoms with van der Waals surface area (Å²) in [5.74, 6) is -0.768. The SMILES string of the molecule is CCN(C)c1cc(-c2cccc(-c3ccc(N)c(F)c3)c2O)ccc1C(F)(F)F. The third kappa shape index (κ3) is 3.99. The molecule has 0 bridgehead atoms. The van der Waals surface area contributed by atoms with Gasteiger partial charge in [0.1, 0.15) is 11.6 Å². The van der Waals surface area contributed by atoms with Crippen LogP contribution in [0.4, 0.5) is 28.9 Å². The van der Waals surface area contributed by atoms with E-state index in [1.807, 2.05) is 0 Å². The fourth-order valence-electron chi connectivity index (χ4n) is 3.13. The van der Waals surface area contributed by atoms with Crippen molar-refractivity contribution >= 4 is 11.4 Å². The quantitative estimate of drug-likeness (QED) is 0.419. The lowest BCUT2D eigenvalue weighted by atomic mass is 9.95. The summed E-state index contributed by atoms with van der Waals surface area (Å²) < 4.78 is 54.0. The van der Waals surface area contributed by atoms with Gasteiger partial charge in [-0.2, -0.15) is 13.2 Å². The average molecular weight is 404 g/mol. The van der Waals surface area contributed by atoms with E-state index < -0.39 is 17.6 Å². The number of rotatable bonds is 4. The Bertz CT molecular complexity index is 1050. The first-order valence-electron chi connectivity index (χ1n) is 8.93. The van der Waals surface area contributed by atoms with Crippen LogP contribution in [-0.4, -0.2) is 18.7 Å². The van der Waals surface area contributed by atoms with Gasteiger partial charge in [-0.15, -0.1) is 0 Å². The molecule has 3 nitrogen and oxygen atoms in total. The smallest absolute Gasteiger partial charge is 0.418 e. The monoisotopic (exact) mass is 404 g/mol. The second-order valence-electron chi connectivity index (χ2n) is 6.68. The van der Waals surface area contributed by atoms with Crippen molar-refractivity contribution in [1.82, 2.24) is 0 Å². The number of halogens is 4. The Labute approximate surface area is 166 Å². The van der Waals surface area contributed by atoms with E-state index in [2.05, 4.69) is 0 Å². The number of anilines is 2. The van der Waals surface area contributed by atoms with Crippen molar-refractivity contribution in [2.24, 2.45) is 0 Å². The highest BCUT2D eigenvalue weighted by atomic mass is 19.4. The summed E-state index contributed by atoms with van der Waals surface area (Å²) in [6, 6.07) is 12.7. The van der Waals surface area contributed by atoms with Crippen molar-refractivity contribution in [3.05, 3.63) is 66.0 Å². The molecule has 152 valence electrons. The van der Waals surface area contributed by atoms with E-state index in [1.165, 1.54) is 29.2 Å². The molecule has 0 saturated heterocycles. The van der Waals surface area contributed by atoms with Gasteiger partial charge in [-0.25, -0.2) is 4.39 Å². The molecule has 0 unspecified atom stereocenters. The minimum Gasteiger partial charge on any atom is -0.507 e. The zero-order valence-electron chi connectivity index (χ0n) is 15.9. The maximum atomic E-state index is 13.8. The number of aromatic hydroxyl groups is 1. The van der Waals surface area contributed by atoms with Crippen LogP contribution >= 0.6 is 0 Å². The molecular formula is C22H20F4N2O. The molecular weight excluding hydrogens is 384 g/mol. The van der Waals surface area contributed by atoms with E-state index in [4.69, 9.17) is 5.73 Å². The molecule has 3 rings (SSSR count). The second-order valence-corrected chi connectivity index (χ2v) is 6.68. The van der Waals surface area contributed by atoms with Gasteiger partial charge in [0.15, 0.2) is 0 Å². The van der Waals surface area contributed by atoms with Gasteiger partial charge in [0.2, 0.25) is 0 Å². The Morgan fingerprint density at radius 3 is 2.10 bits per heavy atom. The van der Waals surface area contributed by atoms with Crippen LogP contribution in [0.1, 0.15) is 12.5 Å². The van der Waals surface area contributed by atoms with E-state index >= 15 is 0 Å². The van der Waals surface area contributed by atoms with Crippen molar-refractivity contribution < 1.29 is 22.7 Å². The molecule has 0 radical (unpaired) electrons. The molecule has 0 aliphatic heterocycles. The van der Waals surface area contributed by atoms with Crippen molar-refractivity contribution in [1.29, 1.82) is 0 Å². The number of phenols is 1. The predicted octanol–water partition coefficient (Wildman–Crippen LogP) is 5.92. The van der Waals surface area contributed by atoms with Gasteiger partial charge in [-0.05, 0) is 42.3 Å². The lowest BCUT2D eigenvalue weighted by Gasteiger charge is -2.23. The van der Waals surface area contributed by atoms with Gasteiger partial charge in [0, 0.05) is 30.4 Å².